The molecule has 0 unspecified atom stereocenters. The number of carbonyl (C=O) groups excluding carboxylic acids is 1. The summed E-state index contributed by atoms with van der Waals surface area (Å²) in [6.07, 6.45) is 3.11. The number of ether oxygens (including phenoxy) is 1. The summed E-state index contributed by atoms with van der Waals surface area (Å²) in [4.78, 5) is 12.0. The number of hydrogen-bond donors (Lipinski definition) is 1. The Hall–Kier alpha value is -2.32. The predicted molar refractivity (Wildman–Crippen MR) is 93.7 cm³/mol. The lowest BCUT2D eigenvalue weighted by atomic mass is 10.1. The molecular formula is C17H22N2O5S. The number of sulfonamides is 1. The summed E-state index contributed by atoms with van der Waals surface area (Å²) in [5, 5.41) is 2.65. The van der Waals surface area contributed by atoms with Gasteiger partial charge < -0.3 is 14.5 Å². The Morgan fingerprint density at radius 1 is 1.24 bits per heavy atom. The largest absolute Gasteiger partial charge is 0.497 e. The van der Waals surface area contributed by atoms with E-state index in [2.05, 4.69) is 5.32 Å². The molecular weight excluding hydrogens is 344 g/mol. The van der Waals surface area contributed by atoms with Crippen LogP contribution in [0.1, 0.15) is 11.3 Å². The van der Waals surface area contributed by atoms with Crippen molar-refractivity contribution >= 4 is 15.9 Å². The number of rotatable bonds is 9. The molecule has 25 heavy (non-hydrogen) atoms. The Kier molecular flexibility index (Phi) is 6.60. The van der Waals surface area contributed by atoms with Crippen molar-refractivity contribution in [2.75, 3.05) is 26.5 Å². The molecule has 8 heteroatoms. The monoisotopic (exact) mass is 366 g/mol. The molecule has 0 radical (unpaired) electrons. The maximum Gasteiger partial charge on any atom is 0.235 e. The van der Waals surface area contributed by atoms with Crippen molar-refractivity contribution in [2.24, 2.45) is 0 Å². The first-order chi connectivity index (χ1) is 11.9. The van der Waals surface area contributed by atoms with Gasteiger partial charge in [0.25, 0.3) is 0 Å². The molecule has 1 N–H and O–H groups in total. The number of benzene rings is 1. The Balaban J connectivity index is 1.90. The van der Waals surface area contributed by atoms with Gasteiger partial charge in [-0.05, 0) is 36.2 Å². The molecule has 2 aromatic rings. The zero-order chi connectivity index (χ0) is 18.3. The summed E-state index contributed by atoms with van der Waals surface area (Å²) in [7, 11) is -1.91. The maximum absolute atomic E-state index is 12.0. The molecule has 0 aliphatic carbocycles. The molecule has 0 saturated carbocycles. The summed E-state index contributed by atoms with van der Waals surface area (Å²) < 4.78 is 35.2. The van der Waals surface area contributed by atoms with Crippen LogP contribution < -0.4 is 10.1 Å². The minimum atomic E-state index is -3.49. The molecule has 0 saturated heterocycles. The minimum Gasteiger partial charge on any atom is -0.497 e. The molecule has 1 aromatic carbocycles. The lowest BCUT2D eigenvalue weighted by Crippen LogP contribution is -2.41. The third-order valence-corrected chi connectivity index (χ3v) is 4.89. The lowest BCUT2D eigenvalue weighted by molar-refractivity contribution is -0.121. The van der Waals surface area contributed by atoms with Crippen molar-refractivity contribution in [1.82, 2.24) is 9.62 Å². The van der Waals surface area contributed by atoms with Crippen LogP contribution >= 0.6 is 0 Å². The van der Waals surface area contributed by atoms with E-state index in [0.29, 0.717) is 12.2 Å². The lowest BCUT2D eigenvalue weighted by Gasteiger charge is -2.19. The molecule has 0 aliphatic rings. The first kappa shape index (κ1) is 19.0. The van der Waals surface area contributed by atoms with E-state index >= 15 is 0 Å². The van der Waals surface area contributed by atoms with Crippen LogP contribution in [0.3, 0.4) is 0 Å². The molecule has 136 valence electrons. The highest BCUT2D eigenvalue weighted by Crippen LogP contribution is 2.12. The number of amides is 1. The SMILES string of the molecule is COc1ccc(CCN(CC(=O)NCc2ccco2)S(C)(=O)=O)cc1. The van der Waals surface area contributed by atoms with Crippen LogP contribution in [0.15, 0.2) is 47.1 Å². The Bertz CT molecular complexity index is 770. The predicted octanol–water partition coefficient (Wildman–Crippen LogP) is 1.41. The van der Waals surface area contributed by atoms with Crippen LogP contribution in [-0.2, 0) is 27.8 Å². The Labute approximate surface area is 147 Å². The first-order valence-electron chi connectivity index (χ1n) is 7.75. The molecule has 0 aliphatic heterocycles. The van der Waals surface area contributed by atoms with Crippen LogP contribution in [0.5, 0.6) is 5.75 Å². The topological polar surface area (TPSA) is 88.8 Å². The Morgan fingerprint density at radius 2 is 1.96 bits per heavy atom. The van der Waals surface area contributed by atoms with Gasteiger partial charge in [0.2, 0.25) is 15.9 Å². The number of methoxy groups -OCH3 is 1. The van der Waals surface area contributed by atoms with E-state index in [1.54, 1.807) is 19.2 Å². The molecule has 1 aromatic heterocycles. The Morgan fingerprint density at radius 3 is 2.52 bits per heavy atom. The van der Waals surface area contributed by atoms with E-state index in [-0.39, 0.29) is 25.5 Å². The van der Waals surface area contributed by atoms with E-state index in [1.165, 1.54) is 6.26 Å². The molecule has 1 amide bonds. The van der Waals surface area contributed by atoms with Crippen LogP contribution in [0.4, 0.5) is 0 Å². The van der Waals surface area contributed by atoms with Crippen LogP contribution in [0.2, 0.25) is 0 Å². The van der Waals surface area contributed by atoms with Gasteiger partial charge in [0.05, 0.1) is 32.7 Å². The van der Waals surface area contributed by atoms with Crippen molar-refractivity contribution in [1.29, 1.82) is 0 Å². The van der Waals surface area contributed by atoms with Gasteiger partial charge >= 0.3 is 0 Å². The van der Waals surface area contributed by atoms with E-state index < -0.39 is 10.0 Å². The highest BCUT2D eigenvalue weighted by molar-refractivity contribution is 7.88. The van der Waals surface area contributed by atoms with Gasteiger partial charge in [-0.3, -0.25) is 4.79 Å². The molecule has 0 fully saturated rings. The van der Waals surface area contributed by atoms with Gasteiger partial charge in [-0.15, -0.1) is 0 Å². The summed E-state index contributed by atoms with van der Waals surface area (Å²) >= 11 is 0. The summed E-state index contributed by atoms with van der Waals surface area (Å²) in [5.41, 5.74) is 0.963. The normalized spacial score (nSPS) is 11.5. The number of nitrogens with one attached hydrogen (secondary N) is 1. The molecule has 0 bridgehead atoms. The highest BCUT2D eigenvalue weighted by atomic mass is 32.2. The van der Waals surface area contributed by atoms with Crippen molar-refractivity contribution in [2.45, 2.75) is 13.0 Å². The average Bonchev–Trinajstić information content (AvgIpc) is 3.09. The quantitative estimate of drug-likeness (QED) is 0.725. The van der Waals surface area contributed by atoms with Crippen molar-refractivity contribution in [3.8, 4) is 5.75 Å². The zero-order valence-corrected chi connectivity index (χ0v) is 15.1. The molecule has 1 heterocycles. The van der Waals surface area contributed by atoms with Crippen LogP contribution in [0.25, 0.3) is 0 Å². The number of carbonyl (C=O) groups is 1. The third kappa shape index (κ3) is 6.24. The van der Waals surface area contributed by atoms with Crippen LogP contribution in [-0.4, -0.2) is 45.1 Å². The number of hydrogen-bond acceptors (Lipinski definition) is 5. The van der Waals surface area contributed by atoms with Gasteiger partial charge in [-0.1, -0.05) is 12.1 Å². The van der Waals surface area contributed by atoms with Crippen LogP contribution in [0, 0.1) is 0 Å². The van der Waals surface area contributed by atoms with E-state index in [9.17, 15) is 13.2 Å². The van der Waals surface area contributed by atoms with Gasteiger partial charge in [0.1, 0.15) is 11.5 Å². The molecule has 0 spiro atoms. The fraction of sp³-hybridized carbons (Fsp3) is 0.353. The van der Waals surface area contributed by atoms with Crippen molar-refractivity contribution in [3.05, 3.63) is 54.0 Å². The fourth-order valence-corrected chi connectivity index (χ4v) is 3.00. The molecule has 2 rings (SSSR count). The van der Waals surface area contributed by atoms with E-state index in [0.717, 1.165) is 21.9 Å². The second kappa shape index (κ2) is 8.68. The smallest absolute Gasteiger partial charge is 0.235 e. The second-order valence-electron chi connectivity index (χ2n) is 5.55. The number of furan rings is 1. The minimum absolute atomic E-state index is 0.222. The zero-order valence-electron chi connectivity index (χ0n) is 14.3. The van der Waals surface area contributed by atoms with Gasteiger partial charge in [-0.25, -0.2) is 8.42 Å². The van der Waals surface area contributed by atoms with Crippen molar-refractivity contribution < 1.29 is 22.4 Å². The molecule has 0 atom stereocenters. The summed E-state index contributed by atoms with van der Waals surface area (Å²) in [6.45, 7) is 0.219. The van der Waals surface area contributed by atoms with Gasteiger partial charge in [-0.2, -0.15) is 4.31 Å². The molecule has 7 nitrogen and oxygen atoms in total. The average molecular weight is 366 g/mol. The van der Waals surface area contributed by atoms with Crippen molar-refractivity contribution in [3.63, 3.8) is 0 Å². The second-order valence-corrected chi connectivity index (χ2v) is 7.53. The van der Waals surface area contributed by atoms with Gasteiger partial charge in [0, 0.05) is 6.54 Å². The highest BCUT2D eigenvalue weighted by Gasteiger charge is 2.20. The van der Waals surface area contributed by atoms with E-state index in [4.69, 9.17) is 9.15 Å². The summed E-state index contributed by atoms with van der Waals surface area (Å²) in [6, 6.07) is 10.8. The standard InChI is InChI=1S/C17H22N2O5S/c1-23-15-7-5-14(6-8-15)9-10-19(25(2,21)22)13-17(20)18-12-16-4-3-11-24-16/h3-8,11H,9-10,12-13H2,1-2H3,(H,18,20). The first-order valence-corrected chi connectivity index (χ1v) is 9.60. The van der Waals surface area contributed by atoms with Gasteiger partial charge in [0.15, 0.2) is 0 Å². The summed E-state index contributed by atoms with van der Waals surface area (Å²) in [5.74, 6) is 0.968. The third-order valence-electron chi connectivity index (χ3n) is 3.64. The number of nitrogens with zero attached hydrogens (tertiary/aromatic N) is 1. The van der Waals surface area contributed by atoms with E-state index in [1.807, 2.05) is 24.3 Å². The fourth-order valence-electron chi connectivity index (χ4n) is 2.22. The maximum atomic E-state index is 12.0.